The van der Waals surface area contributed by atoms with Crippen molar-refractivity contribution in [1.82, 2.24) is 4.98 Å². The third-order valence-electron chi connectivity index (χ3n) is 1.83. The fourth-order valence-corrected chi connectivity index (χ4v) is 2.23. The Morgan fingerprint density at radius 1 is 1.54 bits per heavy atom. The molecule has 0 aliphatic carbocycles. The third-order valence-corrected chi connectivity index (χ3v) is 2.81. The molecule has 2 nitrogen and oxygen atoms in total. The molecule has 0 radical (unpaired) electrons. The molecule has 0 saturated carbocycles. The molecule has 0 aliphatic heterocycles. The van der Waals surface area contributed by atoms with Gasteiger partial charge in [0.1, 0.15) is 11.1 Å². The van der Waals surface area contributed by atoms with Crippen molar-refractivity contribution >= 4 is 11.3 Å². The fourth-order valence-electron chi connectivity index (χ4n) is 1.23. The molecule has 0 aromatic carbocycles. The van der Waals surface area contributed by atoms with Gasteiger partial charge in [-0.1, -0.05) is 13.8 Å². The van der Waals surface area contributed by atoms with Crippen molar-refractivity contribution in [3.05, 3.63) is 16.1 Å². The van der Waals surface area contributed by atoms with E-state index in [0.29, 0.717) is 5.92 Å². The number of rotatable bonds is 4. The van der Waals surface area contributed by atoms with Crippen LogP contribution in [0.5, 0.6) is 0 Å². The zero-order valence-electron chi connectivity index (χ0n) is 8.70. The summed E-state index contributed by atoms with van der Waals surface area (Å²) < 4.78 is 5.65. The molecule has 1 unspecified atom stereocenters. The van der Waals surface area contributed by atoms with Gasteiger partial charge < -0.3 is 4.74 Å². The molecule has 0 amide bonds. The summed E-state index contributed by atoms with van der Waals surface area (Å²) in [7, 11) is 0. The lowest BCUT2D eigenvalue weighted by atomic mass is 10.1. The molecular formula is C10H17NOS. The molecule has 3 heteroatoms. The second kappa shape index (κ2) is 4.72. The van der Waals surface area contributed by atoms with E-state index in [4.69, 9.17) is 4.74 Å². The lowest BCUT2D eigenvalue weighted by molar-refractivity contribution is 0.0293. The van der Waals surface area contributed by atoms with Crippen LogP contribution in [0, 0.1) is 12.8 Å². The highest BCUT2D eigenvalue weighted by molar-refractivity contribution is 7.11. The summed E-state index contributed by atoms with van der Waals surface area (Å²) in [5.74, 6) is 0.491. The summed E-state index contributed by atoms with van der Waals surface area (Å²) in [6, 6.07) is 0. The van der Waals surface area contributed by atoms with Gasteiger partial charge in [0.25, 0.3) is 0 Å². The first kappa shape index (κ1) is 10.7. The number of hydrogen-bond donors (Lipinski definition) is 0. The monoisotopic (exact) mass is 199 g/mol. The summed E-state index contributed by atoms with van der Waals surface area (Å²) in [4.78, 5) is 5.60. The smallest absolute Gasteiger partial charge is 0.122 e. The van der Waals surface area contributed by atoms with Crippen molar-refractivity contribution in [1.29, 1.82) is 0 Å². The zero-order chi connectivity index (χ0) is 9.84. The van der Waals surface area contributed by atoms with Crippen LogP contribution in [0.15, 0.2) is 6.20 Å². The summed E-state index contributed by atoms with van der Waals surface area (Å²) in [5, 5.41) is 1.11. The zero-order valence-corrected chi connectivity index (χ0v) is 9.52. The van der Waals surface area contributed by atoms with E-state index in [1.54, 1.807) is 11.3 Å². The van der Waals surface area contributed by atoms with E-state index in [1.807, 2.05) is 13.1 Å². The van der Waals surface area contributed by atoms with Gasteiger partial charge in [-0.2, -0.15) is 0 Å². The first-order chi connectivity index (χ1) is 6.15. The molecule has 1 aromatic rings. The van der Waals surface area contributed by atoms with Crippen molar-refractivity contribution in [3.63, 3.8) is 0 Å². The largest absolute Gasteiger partial charge is 0.371 e. The van der Waals surface area contributed by atoms with E-state index >= 15 is 0 Å². The molecule has 0 spiro atoms. The van der Waals surface area contributed by atoms with Crippen LogP contribution < -0.4 is 0 Å². The third kappa shape index (κ3) is 2.78. The molecule has 1 rings (SSSR count). The van der Waals surface area contributed by atoms with Gasteiger partial charge in [-0.25, -0.2) is 4.98 Å². The highest BCUT2D eigenvalue weighted by atomic mass is 32.1. The molecule has 0 bridgehead atoms. The maximum absolute atomic E-state index is 5.65. The summed E-state index contributed by atoms with van der Waals surface area (Å²) in [6.07, 6.45) is 2.08. The van der Waals surface area contributed by atoms with Crippen molar-refractivity contribution in [2.24, 2.45) is 5.92 Å². The maximum Gasteiger partial charge on any atom is 0.122 e. The standard InChI is InChI=1S/C10H17NOS/c1-5-12-9(7(2)3)10-11-6-8(4)13-10/h6-7,9H,5H2,1-4H3. The van der Waals surface area contributed by atoms with Gasteiger partial charge in [0, 0.05) is 17.7 Å². The Labute approximate surface area is 84.0 Å². The number of aryl methyl sites for hydroxylation is 1. The Bertz CT molecular complexity index is 257. The lowest BCUT2D eigenvalue weighted by Crippen LogP contribution is -2.10. The normalized spacial score (nSPS) is 13.6. The van der Waals surface area contributed by atoms with Gasteiger partial charge in [0.2, 0.25) is 0 Å². The molecule has 1 aromatic heterocycles. The topological polar surface area (TPSA) is 22.1 Å². The Balaban J connectivity index is 2.75. The summed E-state index contributed by atoms with van der Waals surface area (Å²) in [6.45, 7) is 9.18. The fraction of sp³-hybridized carbons (Fsp3) is 0.700. The Hall–Kier alpha value is -0.410. The maximum atomic E-state index is 5.65. The summed E-state index contributed by atoms with van der Waals surface area (Å²) in [5.41, 5.74) is 0. The van der Waals surface area contributed by atoms with E-state index in [-0.39, 0.29) is 6.10 Å². The van der Waals surface area contributed by atoms with Gasteiger partial charge >= 0.3 is 0 Å². The van der Waals surface area contributed by atoms with E-state index < -0.39 is 0 Å². The van der Waals surface area contributed by atoms with E-state index in [1.165, 1.54) is 4.88 Å². The summed E-state index contributed by atoms with van der Waals surface area (Å²) >= 11 is 1.73. The predicted octanol–water partition coefficient (Wildman–Crippen LogP) is 3.19. The Morgan fingerprint density at radius 2 is 2.23 bits per heavy atom. The molecule has 0 aliphatic rings. The number of hydrogen-bond acceptors (Lipinski definition) is 3. The van der Waals surface area contributed by atoms with E-state index in [9.17, 15) is 0 Å². The minimum absolute atomic E-state index is 0.170. The number of aromatic nitrogens is 1. The average Bonchev–Trinajstić information content (AvgIpc) is 2.46. The van der Waals surface area contributed by atoms with Crippen LogP contribution in [0.3, 0.4) is 0 Å². The van der Waals surface area contributed by atoms with Gasteiger partial charge in [0.15, 0.2) is 0 Å². The van der Waals surface area contributed by atoms with E-state index in [2.05, 4.69) is 25.8 Å². The van der Waals surface area contributed by atoms with Crippen molar-refractivity contribution in [2.45, 2.75) is 33.8 Å². The minimum atomic E-state index is 0.170. The Kier molecular flexibility index (Phi) is 3.88. The van der Waals surface area contributed by atoms with Crippen LogP contribution in [0.4, 0.5) is 0 Å². The van der Waals surface area contributed by atoms with Gasteiger partial charge in [-0.05, 0) is 19.8 Å². The predicted molar refractivity (Wildman–Crippen MR) is 56.1 cm³/mol. The number of nitrogens with zero attached hydrogens (tertiary/aromatic N) is 1. The quantitative estimate of drug-likeness (QED) is 0.743. The second-order valence-electron chi connectivity index (χ2n) is 3.43. The Morgan fingerprint density at radius 3 is 2.62 bits per heavy atom. The van der Waals surface area contributed by atoms with Gasteiger partial charge in [-0.15, -0.1) is 11.3 Å². The number of thiazole rings is 1. The van der Waals surface area contributed by atoms with Crippen LogP contribution >= 0.6 is 11.3 Å². The van der Waals surface area contributed by atoms with Gasteiger partial charge in [-0.3, -0.25) is 0 Å². The highest BCUT2D eigenvalue weighted by Gasteiger charge is 2.18. The number of ether oxygens (including phenoxy) is 1. The molecule has 74 valence electrons. The van der Waals surface area contributed by atoms with Crippen molar-refractivity contribution in [3.8, 4) is 0 Å². The molecule has 0 N–H and O–H groups in total. The lowest BCUT2D eigenvalue weighted by Gasteiger charge is -2.17. The molecule has 13 heavy (non-hydrogen) atoms. The van der Waals surface area contributed by atoms with Crippen molar-refractivity contribution < 1.29 is 4.74 Å². The van der Waals surface area contributed by atoms with Crippen LogP contribution in [0.1, 0.15) is 36.8 Å². The van der Waals surface area contributed by atoms with Crippen LogP contribution in [0.2, 0.25) is 0 Å². The average molecular weight is 199 g/mol. The van der Waals surface area contributed by atoms with Crippen LogP contribution in [0.25, 0.3) is 0 Å². The first-order valence-electron chi connectivity index (χ1n) is 4.69. The molecular weight excluding hydrogens is 182 g/mol. The highest BCUT2D eigenvalue weighted by Crippen LogP contribution is 2.28. The SMILES string of the molecule is CCOC(c1ncc(C)s1)C(C)C. The van der Waals surface area contributed by atoms with Crippen LogP contribution in [-0.2, 0) is 4.74 Å². The second-order valence-corrected chi connectivity index (χ2v) is 4.70. The molecule has 0 saturated heterocycles. The minimum Gasteiger partial charge on any atom is -0.371 e. The molecule has 1 atom stereocenters. The van der Waals surface area contributed by atoms with Gasteiger partial charge in [0.05, 0.1) is 0 Å². The first-order valence-corrected chi connectivity index (χ1v) is 5.50. The molecule has 0 fully saturated rings. The van der Waals surface area contributed by atoms with Crippen molar-refractivity contribution in [2.75, 3.05) is 6.61 Å². The van der Waals surface area contributed by atoms with Crippen LogP contribution in [-0.4, -0.2) is 11.6 Å². The molecule has 1 heterocycles. The van der Waals surface area contributed by atoms with E-state index in [0.717, 1.165) is 11.6 Å².